The molecule has 0 aromatic carbocycles. The number of nitrogens with one attached hydrogen (secondary N) is 1. The molecule has 3 N–H and O–H groups in total. The molecule has 0 rings (SSSR count). The molecule has 0 saturated heterocycles. The lowest BCUT2D eigenvalue weighted by Gasteiger charge is -2.24. The van der Waals surface area contributed by atoms with Gasteiger partial charge in [-0.25, -0.2) is 0 Å². The second-order valence-corrected chi connectivity index (χ2v) is 4.79. The lowest BCUT2D eigenvalue weighted by atomic mass is 9.99. The molecule has 3 atom stereocenters. The Labute approximate surface area is 99.6 Å². The van der Waals surface area contributed by atoms with Crippen molar-refractivity contribution in [2.75, 3.05) is 13.2 Å². The molecule has 0 aliphatic heterocycles. The summed E-state index contributed by atoms with van der Waals surface area (Å²) in [7, 11) is 0. The zero-order valence-electron chi connectivity index (χ0n) is 11.0. The summed E-state index contributed by atoms with van der Waals surface area (Å²) in [6.07, 6.45) is 4.32. The third kappa shape index (κ3) is 6.26. The number of hydrogen-bond acceptors (Lipinski definition) is 3. The maximum absolute atomic E-state index is 9.82. The summed E-state index contributed by atoms with van der Waals surface area (Å²) in [5, 5.41) is 22.3. The van der Waals surface area contributed by atoms with Crippen molar-refractivity contribution in [2.45, 2.75) is 46.3 Å². The Bertz CT molecular complexity index is 192. The molecule has 0 aliphatic carbocycles. The predicted octanol–water partition coefficient (Wildman–Crippen LogP) is 1.56. The van der Waals surface area contributed by atoms with E-state index < -0.39 is 0 Å². The van der Waals surface area contributed by atoms with Crippen LogP contribution in [0.15, 0.2) is 12.2 Å². The van der Waals surface area contributed by atoms with Gasteiger partial charge in [0, 0.05) is 12.6 Å². The van der Waals surface area contributed by atoms with Crippen LogP contribution < -0.4 is 5.32 Å². The van der Waals surface area contributed by atoms with Crippen molar-refractivity contribution < 1.29 is 10.2 Å². The molecule has 0 aliphatic rings. The summed E-state index contributed by atoms with van der Waals surface area (Å²) in [6, 6.07) is 0.122. The van der Waals surface area contributed by atoms with Crippen LogP contribution in [0.1, 0.15) is 34.1 Å². The minimum absolute atomic E-state index is 0.122. The normalized spacial score (nSPS) is 17.9. The Hall–Kier alpha value is -0.380. The van der Waals surface area contributed by atoms with E-state index in [4.69, 9.17) is 5.11 Å². The van der Waals surface area contributed by atoms with E-state index in [-0.39, 0.29) is 24.7 Å². The Morgan fingerprint density at radius 2 is 1.88 bits per heavy atom. The fraction of sp³-hybridized carbons (Fsp3) is 0.846. The van der Waals surface area contributed by atoms with E-state index >= 15 is 0 Å². The smallest absolute Gasteiger partial charge is 0.0612 e. The highest BCUT2D eigenvalue weighted by molar-refractivity contribution is 4.83. The maximum atomic E-state index is 9.82. The number of hydrogen-bond donors (Lipinski definition) is 3. The van der Waals surface area contributed by atoms with Crippen LogP contribution in [0.2, 0.25) is 0 Å². The zero-order valence-corrected chi connectivity index (χ0v) is 11.0. The fourth-order valence-corrected chi connectivity index (χ4v) is 1.49. The lowest BCUT2D eigenvalue weighted by molar-refractivity contribution is 0.111. The van der Waals surface area contributed by atoms with Crippen molar-refractivity contribution in [3.05, 3.63) is 12.2 Å². The van der Waals surface area contributed by atoms with Crippen molar-refractivity contribution in [3.63, 3.8) is 0 Å². The molecule has 0 aromatic rings. The van der Waals surface area contributed by atoms with E-state index in [2.05, 4.69) is 19.2 Å². The van der Waals surface area contributed by atoms with Gasteiger partial charge in [0.05, 0.1) is 12.7 Å². The standard InChI is InChI=1S/C13H27NO2/c1-5-6-7-13(16)11(4)8-14-12(9-15)10(2)3/h5-6,10-16H,7-9H2,1-4H3. The van der Waals surface area contributed by atoms with Crippen LogP contribution in [-0.2, 0) is 0 Å². The first kappa shape index (κ1) is 15.6. The van der Waals surface area contributed by atoms with E-state index in [1.54, 1.807) is 0 Å². The predicted molar refractivity (Wildman–Crippen MR) is 68.3 cm³/mol. The molecular formula is C13H27NO2. The average molecular weight is 229 g/mol. The zero-order chi connectivity index (χ0) is 12.6. The molecule has 0 fully saturated rings. The van der Waals surface area contributed by atoms with Gasteiger partial charge in [0.15, 0.2) is 0 Å². The van der Waals surface area contributed by atoms with Gasteiger partial charge in [0.1, 0.15) is 0 Å². The van der Waals surface area contributed by atoms with Gasteiger partial charge >= 0.3 is 0 Å². The van der Waals surface area contributed by atoms with Crippen molar-refractivity contribution in [1.29, 1.82) is 0 Å². The van der Waals surface area contributed by atoms with Gasteiger partial charge in [0.25, 0.3) is 0 Å². The number of allylic oxidation sites excluding steroid dienone is 1. The summed E-state index contributed by atoms with van der Waals surface area (Å²) in [4.78, 5) is 0. The van der Waals surface area contributed by atoms with Gasteiger partial charge in [-0.3, -0.25) is 0 Å². The maximum Gasteiger partial charge on any atom is 0.0612 e. The Balaban J connectivity index is 3.90. The summed E-state index contributed by atoms with van der Waals surface area (Å²) in [6.45, 7) is 9.02. The summed E-state index contributed by atoms with van der Waals surface area (Å²) < 4.78 is 0. The fourth-order valence-electron chi connectivity index (χ4n) is 1.49. The molecule has 0 aromatic heterocycles. The van der Waals surface area contributed by atoms with Gasteiger partial charge in [0.2, 0.25) is 0 Å². The van der Waals surface area contributed by atoms with Crippen LogP contribution in [0.5, 0.6) is 0 Å². The highest BCUT2D eigenvalue weighted by Crippen LogP contribution is 2.08. The van der Waals surface area contributed by atoms with E-state index in [0.717, 1.165) is 6.54 Å². The third-order valence-corrected chi connectivity index (χ3v) is 2.97. The van der Waals surface area contributed by atoms with E-state index in [1.165, 1.54) is 0 Å². The summed E-state index contributed by atoms with van der Waals surface area (Å²) >= 11 is 0. The third-order valence-electron chi connectivity index (χ3n) is 2.97. The van der Waals surface area contributed by atoms with Gasteiger partial charge in [-0.15, -0.1) is 0 Å². The van der Waals surface area contributed by atoms with Crippen molar-refractivity contribution >= 4 is 0 Å². The second-order valence-electron chi connectivity index (χ2n) is 4.79. The number of aliphatic hydroxyl groups is 2. The molecular weight excluding hydrogens is 202 g/mol. The quantitative estimate of drug-likeness (QED) is 0.554. The first-order valence-corrected chi connectivity index (χ1v) is 6.16. The average Bonchev–Trinajstić information content (AvgIpc) is 2.25. The first-order chi connectivity index (χ1) is 7.52. The van der Waals surface area contributed by atoms with Crippen LogP contribution in [0.25, 0.3) is 0 Å². The number of rotatable bonds is 8. The van der Waals surface area contributed by atoms with Crippen LogP contribution >= 0.6 is 0 Å². The first-order valence-electron chi connectivity index (χ1n) is 6.16. The van der Waals surface area contributed by atoms with Gasteiger partial charge in [-0.2, -0.15) is 0 Å². The topological polar surface area (TPSA) is 52.5 Å². The van der Waals surface area contributed by atoms with E-state index in [1.807, 2.05) is 26.0 Å². The molecule has 3 heteroatoms. The van der Waals surface area contributed by atoms with Gasteiger partial charge in [-0.1, -0.05) is 32.9 Å². The molecule has 0 radical (unpaired) electrons. The van der Waals surface area contributed by atoms with Crippen LogP contribution in [0, 0.1) is 11.8 Å². The molecule has 96 valence electrons. The van der Waals surface area contributed by atoms with Gasteiger partial charge in [-0.05, 0) is 25.2 Å². The summed E-state index contributed by atoms with van der Waals surface area (Å²) in [5.41, 5.74) is 0. The Morgan fingerprint density at radius 3 is 2.31 bits per heavy atom. The Kier molecular flexibility index (Phi) is 8.53. The molecule has 0 spiro atoms. The Morgan fingerprint density at radius 1 is 1.25 bits per heavy atom. The highest BCUT2D eigenvalue weighted by Gasteiger charge is 2.16. The summed E-state index contributed by atoms with van der Waals surface area (Å²) in [5.74, 6) is 0.605. The molecule has 0 bridgehead atoms. The monoisotopic (exact) mass is 229 g/mol. The minimum atomic E-state index is -0.310. The molecule has 0 amide bonds. The highest BCUT2D eigenvalue weighted by atomic mass is 16.3. The van der Waals surface area contributed by atoms with Crippen LogP contribution in [0.3, 0.4) is 0 Å². The van der Waals surface area contributed by atoms with Gasteiger partial charge < -0.3 is 15.5 Å². The second kappa shape index (κ2) is 8.74. The molecule has 3 nitrogen and oxygen atoms in total. The SMILES string of the molecule is CC=CCC(O)C(C)CNC(CO)C(C)C. The lowest BCUT2D eigenvalue weighted by Crippen LogP contribution is -2.41. The molecule has 16 heavy (non-hydrogen) atoms. The van der Waals surface area contributed by atoms with Crippen molar-refractivity contribution in [3.8, 4) is 0 Å². The van der Waals surface area contributed by atoms with Crippen molar-refractivity contribution in [2.24, 2.45) is 11.8 Å². The van der Waals surface area contributed by atoms with E-state index in [9.17, 15) is 5.11 Å². The number of aliphatic hydroxyl groups excluding tert-OH is 2. The van der Waals surface area contributed by atoms with Crippen LogP contribution in [-0.4, -0.2) is 35.5 Å². The van der Waals surface area contributed by atoms with Crippen LogP contribution in [0.4, 0.5) is 0 Å². The molecule has 0 saturated carbocycles. The molecule has 3 unspecified atom stereocenters. The largest absolute Gasteiger partial charge is 0.395 e. The molecule has 0 heterocycles. The minimum Gasteiger partial charge on any atom is -0.395 e. The van der Waals surface area contributed by atoms with Crippen molar-refractivity contribution in [1.82, 2.24) is 5.32 Å². The van der Waals surface area contributed by atoms with E-state index in [0.29, 0.717) is 12.3 Å².